The first-order valence-electron chi connectivity index (χ1n) is 4.71. The van der Waals surface area contributed by atoms with Crippen molar-refractivity contribution >= 4 is 0 Å². The maximum absolute atomic E-state index is 9.83. The average Bonchev–Trinajstić information content (AvgIpc) is 2.75. The third-order valence-corrected chi connectivity index (χ3v) is 2.36. The zero-order valence-electron chi connectivity index (χ0n) is 8.10. The molecule has 4 nitrogen and oxygen atoms in total. The number of rotatable bonds is 3. The van der Waals surface area contributed by atoms with Gasteiger partial charge in [0.2, 0.25) is 0 Å². The van der Waals surface area contributed by atoms with Crippen LogP contribution in [0.5, 0.6) is 0 Å². The second kappa shape index (κ2) is 4.13. The van der Waals surface area contributed by atoms with Crippen molar-refractivity contribution < 1.29 is 19.0 Å². The molecule has 0 spiro atoms. The Kier molecular flexibility index (Phi) is 2.86. The van der Waals surface area contributed by atoms with E-state index in [2.05, 4.69) is 0 Å². The molecule has 1 aliphatic rings. The molecule has 78 valence electrons. The van der Waals surface area contributed by atoms with E-state index >= 15 is 0 Å². The Balaban J connectivity index is 1.95. The molecule has 1 aromatic rings. The Morgan fingerprint density at radius 2 is 2.14 bits per heavy atom. The summed E-state index contributed by atoms with van der Waals surface area (Å²) in [6, 6.07) is 0. The first kappa shape index (κ1) is 9.71. The Labute approximate surface area is 82.4 Å². The molecule has 1 aliphatic heterocycles. The lowest BCUT2D eigenvalue weighted by atomic mass is 10.1. The zero-order valence-corrected chi connectivity index (χ0v) is 8.10. The van der Waals surface area contributed by atoms with E-state index in [1.54, 1.807) is 12.5 Å². The molecule has 1 saturated heterocycles. The molecule has 1 unspecified atom stereocenters. The van der Waals surface area contributed by atoms with Crippen LogP contribution < -0.4 is 0 Å². The molecular formula is C10H14O4. The van der Waals surface area contributed by atoms with Crippen LogP contribution in [0.15, 0.2) is 16.9 Å². The lowest BCUT2D eigenvalue weighted by Crippen LogP contribution is -2.13. The predicted molar refractivity (Wildman–Crippen MR) is 48.7 cm³/mol. The van der Waals surface area contributed by atoms with Gasteiger partial charge in [0.15, 0.2) is 6.29 Å². The summed E-state index contributed by atoms with van der Waals surface area (Å²) in [6.07, 6.45) is 2.79. The monoisotopic (exact) mass is 198 g/mol. The maximum Gasteiger partial charge on any atom is 0.160 e. The van der Waals surface area contributed by atoms with Gasteiger partial charge in [0.05, 0.1) is 31.8 Å². The fourth-order valence-corrected chi connectivity index (χ4v) is 1.56. The summed E-state index contributed by atoms with van der Waals surface area (Å²) in [6.45, 7) is 3.13. The van der Waals surface area contributed by atoms with Gasteiger partial charge in [-0.2, -0.15) is 0 Å². The molecule has 1 fully saturated rings. The number of ether oxygens (including phenoxy) is 2. The Bertz CT molecular complexity index is 288. The van der Waals surface area contributed by atoms with Crippen LogP contribution in [0.2, 0.25) is 0 Å². The summed E-state index contributed by atoms with van der Waals surface area (Å²) in [5.41, 5.74) is 1.76. The molecule has 2 heterocycles. The first-order valence-corrected chi connectivity index (χ1v) is 4.71. The summed E-state index contributed by atoms with van der Waals surface area (Å²) in [4.78, 5) is 0. The standard InChI is InChI=1S/C10H14O4/c1-7-5-12-6-8(7)9(11)4-10-13-2-3-14-10/h5-6,9-11H,2-4H2,1H3. The summed E-state index contributed by atoms with van der Waals surface area (Å²) < 4.78 is 15.5. The largest absolute Gasteiger partial charge is 0.472 e. The van der Waals surface area contributed by atoms with E-state index in [4.69, 9.17) is 13.9 Å². The number of furan rings is 1. The van der Waals surface area contributed by atoms with Gasteiger partial charge in [-0.25, -0.2) is 0 Å². The normalized spacial score (nSPS) is 20.1. The summed E-state index contributed by atoms with van der Waals surface area (Å²) in [5.74, 6) is 0. The van der Waals surface area contributed by atoms with Crippen molar-refractivity contribution in [3.8, 4) is 0 Å². The molecule has 0 bridgehead atoms. The van der Waals surface area contributed by atoms with Crippen molar-refractivity contribution in [3.63, 3.8) is 0 Å². The third-order valence-electron chi connectivity index (χ3n) is 2.36. The molecule has 14 heavy (non-hydrogen) atoms. The van der Waals surface area contributed by atoms with Crippen molar-refractivity contribution in [2.24, 2.45) is 0 Å². The highest BCUT2D eigenvalue weighted by atomic mass is 16.7. The van der Waals surface area contributed by atoms with Crippen LogP contribution in [-0.4, -0.2) is 24.6 Å². The fourth-order valence-electron chi connectivity index (χ4n) is 1.56. The van der Waals surface area contributed by atoms with Crippen molar-refractivity contribution in [1.82, 2.24) is 0 Å². The SMILES string of the molecule is Cc1cocc1C(O)CC1OCCO1. The minimum atomic E-state index is -0.572. The van der Waals surface area contributed by atoms with Crippen molar-refractivity contribution in [1.29, 1.82) is 0 Å². The maximum atomic E-state index is 9.83. The summed E-state index contributed by atoms with van der Waals surface area (Å²) in [5, 5.41) is 9.83. The molecular weight excluding hydrogens is 184 g/mol. The highest BCUT2D eigenvalue weighted by Gasteiger charge is 2.22. The molecule has 0 aromatic carbocycles. The van der Waals surface area contributed by atoms with E-state index in [1.807, 2.05) is 6.92 Å². The molecule has 4 heteroatoms. The average molecular weight is 198 g/mol. The molecule has 0 saturated carbocycles. The van der Waals surface area contributed by atoms with Crippen LogP contribution in [0.25, 0.3) is 0 Å². The number of hydrogen-bond donors (Lipinski definition) is 1. The van der Waals surface area contributed by atoms with E-state index in [9.17, 15) is 5.11 Å². The molecule has 0 amide bonds. The zero-order chi connectivity index (χ0) is 9.97. The van der Waals surface area contributed by atoms with Crippen molar-refractivity contribution in [2.75, 3.05) is 13.2 Å². The molecule has 1 atom stereocenters. The van der Waals surface area contributed by atoms with E-state index < -0.39 is 6.10 Å². The van der Waals surface area contributed by atoms with Crippen molar-refractivity contribution in [2.45, 2.75) is 25.7 Å². The van der Waals surface area contributed by atoms with Gasteiger partial charge in [-0.05, 0) is 12.5 Å². The summed E-state index contributed by atoms with van der Waals surface area (Å²) in [7, 11) is 0. The minimum absolute atomic E-state index is 0.278. The predicted octanol–water partition coefficient (Wildman–Crippen LogP) is 1.38. The Hall–Kier alpha value is -0.840. The summed E-state index contributed by atoms with van der Waals surface area (Å²) >= 11 is 0. The molecule has 0 aliphatic carbocycles. The van der Waals surface area contributed by atoms with Crippen LogP contribution in [0.1, 0.15) is 23.7 Å². The van der Waals surface area contributed by atoms with Crippen LogP contribution in [0.4, 0.5) is 0 Å². The van der Waals surface area contributed by atoms with E-state index in [0.717, 1.165) is 11.1 Å². The number of aliphatic hydroxyl groups excluding tert-OH is 1. The van der Waals surface area contributed by atoms with E-state index in [-0.39, 0.29) is 6.29 Å². The highest BCUT2D eigenvalue weighted by Crippen LogP contribution is 2.25. The van der Waals surface area contributed by atoms with E-state index in [0.29, 0.717) is 19.6 Å². The highest BCUT2D eigenvalue weighted by molar-refractivity contribution is 5.21. The Morgan fingerprint density at radius 1 is 1.43 bits per heavy atom. The molecule has 0 radical (unpaired) electrons. The Morgan fingerprint density at radius 3 is 2.71 bits per heavy atom. The minimum Gasteiger partial charge on any atom is -0.472 e. The van der Waals surface area contributed by atoms with Gasteiger partial charge in [0.25, 0.3) is 0 Å². The number of hydrogen-bond acceptors (Lipinski definition) is 4. The topological polar surface area (TPSA) is 51.8 Å². The number of aryl methyl sites for hydroxylation is 1. The molecule has 1 aromatic heterocycles. The van der Waals surface area contributed by atoms with Crippen LogP contribution >= 0.6 is 0 Å². The molecule has 2 rings (SSSR count). The van der Waals surface area contributed by atoms with Gasteiger partial charge in [-0.15, -0.1) is 0 Å². The second-order valence-corrected chi connectivity index (χ2v) is 3.43. The van der Waals surface area contributed by atoms with Gasteiger partial charge in [-0.1, -0.05) is 0 Å². The van der Waals surface area contributed by atoms with E-state index in [1.165, 1.54) is 0 Å². The fraction of sp³-hybridized carbons (Fsp3) is 0.600. The van der Waals surface area contributed by atoms with Crippen molar-refractivity contribution in [3.05, 3.63) is 23.7 Å². The lowest BCUT2D eigenvalue weighted by molar-refractivity contribution is -0.0709. The van der Waals surface area contributed by atoms with Crippen LogP contribution in [0.3, 0.4) is 0 Å². The second-order valence-electron chi connectivity index (χ2n) is 3.43. The van der Waals surface area contributed by atoms with Gasteiger partial charge < -0.3 is 19.0 Å². The number of aliphatic hydroxyl groups is 1. The third kappa shape index (κ3) is 1.97. The molecule has 1 N–H and O–H groups in total. The first-order chi connectivity index (χ1) is 6.77. The smallest absolute Gasteiger partial charge is 0.160 e. The van der Waals surface area contributed by atoms with Gasteiger partial charge in [-0.3, -0.25) is 0 Å². The van der Waals surface area contributed by atoms with Crippen LogP contribution in [0, 0.1) is 6.92 Å². The quantitative estimate of drug-likeness (QED) is 0.797. The van der Waals surface area contributed by atoms with Crippen LogP contribution in [-0.2, 0) is 9.47 Å². The van der Waals surface area contributed by atoms with Gasteiger partial charge in [0, 0.05) is 12.0 Å². The van der Waals surface area contributed by atoms with Gasteiger partial charge >= 0.3 is 0 Å². The van der Waals surface area contributed by atoms with Gasteiger partial charge in [0.1, 0.15) is 0 Å². The lowest BCUT2D eigenvalue weighted by Gasteiger charge is -2.13.